The molecule has 3 aromatic rings. The Morgan fingerprint density at radius 1 is 1.19 bits per heavy atom. The van der Waals surface area contributed by atoms with E-state index in [9.17, 15) is 14.9 Å². The second-order valence-electron chi connectivity index (χ2n) is 7.01. The number of hydrogen-bond donors (Lipinski definition) is 0. The van der Waals surface area contributed by atoms with Gasteiger partial charge < -0.3 is 14.4 Å². The molecule has 1 aliphatic heterocycles. The maximum Gasteiger partial charge on any atom is 0.269 e. The van der Waals surface area contributed by atoms with Gasteiger partial charge in [0.15, 0.2) is 0 Å². The highest BCUT2D eigenvalue weighted by Crippen LogP contribution is 2.26. The maximum atomic E-state index is 13.2. The van der Waals surface area contributed by atoms with Gasteiger partial charge in [-0.1, -0.05) is 24.3 Å². The number of benzene rings is 1. The summed E-state index contributed by atoms with van der Waals surface area (Å²) in [5, 5.41) is 9.65. The van der Waals surface area contributed by atoms with Crippen LogP contribution in [0.1, 0.15) is 11.1 Å². The fourth-order valence-corrected chi connectivity index (χ4v) is 3.28. The smallest absolute Gasteiger partial charge is 0.269 e. The number of morpholine rings is 1. The van der Waals surface area contributed by atoms with Gasteiger partial charge in [-0.25, -0.2) is 0 Å². The van der Waals surface area contributed by atoms with Crippen molar-refractivity contribution in [3.05, 3.63) is 75.7 Å². The molecule has 1 saturated heterocycles. The van der Waals surface area contributed by atoms with E-state index in [-0.39, 0.29) is 17.0 Å². The van der Waals surface area contributed by atoms with Gasteiger partial charge in [0.1, 0.15) is 28.6 Å². The number of para-hydroxylation sites is 1. The summed E-state index contributed by atoms with van der Waals surface area (Å²) in [7, 11) is 0. The molecule has 0 aliphatic carbocycles. The first-order valence-corrected chi connectivity index (χ1v) is 9.82. The van der Waals surface area contributed by atoms with Gasteiger partial charge in [0.2, 0.25) is 5.88 Å². The van der Waals surface area contributed by atoms with Gasteiger partial charge in [-0.15, -0.1) is 0 Å². The average Bonchev–Trinajstić information content (AvgIpc) is 2.81. The van der Waals surface area contributed by atoms with Crippen LogP contribution in [0.3, 0.4) is 0 Å². The molecule has 8 nitrogen and oxygen atoms in total. The van der Waals surface area contributed by atoms with Crippen molar-refractivity contribution in [2.45, 2.75) is 6.92 Å². The van der Waals surface area contributed by atoms with Crippen LogP contribution in [-0.4, -0.2) is 46.5 Å². The van der Waals surface area contributed by atoms with Crippen molar-refractivity contribution >= 4 is 17.6 Å². The summed E-state index contributed by atoms with van der Waals surface area (Å²) < 4.78 is 12.6. The van der Waals surface area contributed by atoms with Gasteiger partial charge >= 0.3 is 0 Å². The molecular formula is C23H20N4O4. The summed E-state index contributed by atoms with van der Waals surface area (Å²) in [6, 6.07) is 14.4. The Hall–Kier alpha value is -3.96. The third kappa shape index (κ3) is 4.17. The van der Waals surface area contributed by atoms with Gasteiger partial charge in [-0.3, -0.25) is 14.0 Å². The monoisotopic (exact) mass is 416 g/mol. The Kier molecular flexibility index (Phi) is 5.78. The maximum absolute atomic E-state index is 13.2. The Morgan fingerprint density at radius 2 is 1.94 bits per heavy atom. The largest absolute Gasteiger partial charge is 0.438 e. The van der Waals surface area contributed by atoms with Crippen molar-refractivity contribution in [3.63, 3.8) is 0 Å². The molecule has 0 atom stereocenters. The first-order valence-electron chi connectivity index (χ1n) is 9.82. The Bertz CT molecular complexity index is 1270. The lowest BCUT2D eigenvalue weighted by atomic mass is 10.1. The van der Waals surface area contributed by atoms with Crippen molar-refractivity contribution in [2.75, 3.05) is 26.3 Å². The average molecular weight is 416 g/mol. The third-order valence-electron chi connectivity index (χ3n) is 4.97. The number of amides is 1. The minimum absolute atomic E-state index is 0.0325. The molecule has 156 valence electrons. The fraction of sp³-hybridized carbons (Fsp3) is 0.217. The third-order valence-corrected chi connectivity index (χ3v) is 4.97. The quantitative estimate of drug-likeness (QED) is 0.479. The summed E-state index contributed by atoms with van der Waals surface area (Å²) in [5.74, 6) is 0.112. The molecule has 1 aromatic carbocycles. The van der Waals surface area contributed by atoms with Crippen LogP contribution in [0.2, 0.25) is 0 Å². The molecule has 1 amide bonds. The predicted molar refractivity (Wildman–Crippen MR) is 114 cm³/mol. The number of aromatic nitrogens is 2. The van der Waals surface area contributed by atoms with Crippen LogP contribution in [0.4, 0.5) is 0 Å². The molecule has 4 rings (SSSR count). The van der Waals surface area contributed by atoms with Gasteiger partial charge in [-0.2, -0.15) is 10.2 Å². The number of hydrogen-bond acceptors (Lipinski definition) is 6. The number of rotatable bonds is 4. The molecule has 31 heavy (non-hydrogen) atoms. The molecule has 0 unspecified atom stereocenters. The highest BCUT2D eigenvalue weighted by atomic mass is 16.5. The number of nitriles is 1. The number of ether oxygens (including phenoxy) is 2. The minimum Gasteiger partial charge on any atom is -0.438 e. The van der Waals surface area contributed by atoms with Crippen molar-refractivity contribution in [1.29, 1.82) is 5.26 Å². The van der Waals surface area contributed by atoms with Gasteiger partial charge in [0.05, 0.1) is 13.2 Å². The number of nitrogens with zero attached hydrogens (tertiary/aromatic N) is 4. The van der Waals surface area contributed by atoms with Crippen LogP contribution in [0.15, 0.2) is 59.0 Å². The van der Waals surface area contributed by atoms with E-state index in [0.29, 0.717) is 37.7 Å². The Labute approximate surface area is 178 Å². The molecule has 0 radical (unpaired) electrons. The molecule has 2 aromatic heterocycles. The van der Waals surface area contributed by atoms with Crippen LogP contribution in [0.25, 0.3) is 11.7 Å². The molecule has 1 aliphatic rings. The van der Waals surface area contributed by atoms with E-state index in [0.717, 1.165) is 5.56 Å². The van der Waals surface area contributed by atoms with E-state index in [1.54, 1.807) is 30.5 Å². The zero-order chi connectivity index (χ0) is 21.8. The van der Waals surface area contributed by atoms with Crippen molar-refractivity contribution in [1.82, 2.24) is 14.3 Å². The van der Waals surface area contributed by atoms with E-state index >= 15 is 0 Å². The molecule has 0 saturated carbocycles. The van der Waals surface area contributed by atoms with Crippen LogP contribution in [-0.2, 0) is 9.53 Å². The van der Waals surface area contributed by atoms with Crippen LogP contribution < -0.4 is 10.3 Å². The van der Waals surface area contributed by atoms with Crippen LogP contribution in [0, 0.1) is 18.3 Å². The molecule has 0 spiro atoms. The van der Waals surface area contributed by atoms with Crippen molar-refractivity contribution in [2.24, 2.45) is 0 Å². The molecular weight excluding hydrogens is 396 g/mol. The SMILES string of the molecule is Cc1ccccc1Oc1nc2ccccn2c(=O)c1/C=C(\C#N)C(=O)N1CCOCC1. The summed E-state index contributed by atoms with van der Waals surface area (Å²) >= 11 is 0. The lowest BCUT2D eigenvalue weighted by molar-refractivity contribution is -0.130. The predicted octanol–water partition coefficient (Wildman–Crippen LogP) is 2.56. The number of carbonyl (C=O) groups excluding carboxylic acids is 1. The van der Waals surface area contributed by atoms with Crippen LogP contribution in [0.5, 0.6) is 11.6 Å². The Balaban J connectivity index is 1.84. The summed E-state index contributed by atoms with van der Waals surface area (Å²) in [4.78, 5) is 32.1. The zero-order valence-corrected chi connectivity index (χ0v) is 16.9. The zero-order valence-electron chi connectivity index (χ0n) is 16.9. The van der Waals surface area contributed by atoms with E-state index in [2.05, 4.69) is 4.98 Å². The highest BCUT2D eigenvalue weighted by Gasteiger charge is 2.23. The van der Waals surface area contributed by atoms with E-state index < -0.39 is 11.5 Å². The minimum atomic E-state index is -0.454. The molecule has 0 bridgehead atoms. The van der Waals surface area contributed by atoms with E-state index in [1.807, 2.05) is 31.2 Å². The molecule has 1 fully saturated rings. The van der Waals surface area contributed by atoms with E-state index in [1.165, 1.54) is 15.4 Å². The number of pyridine rings is 1. The number of aryl methyl sites for hydroxylation is 1. The lowest BCUT2D eigenvalue weighted by Crippen LogP contribution is -2.41. The second kappa shape index (κ2) is 8.81. The lowest BCUT2D eigenvalue weighted by Gasteiger charge is -2.26. The first-order chi connectivity index (χ1) is 15.1. The highest BCUT2D eigenvalue weighted by molar-refractivity contribution is 6.02. The summed E-state index contributed by atoms with van der Waals surface area (Å²) in [5.41, 5.74) is 0.691. The Morgan fingerprint density at radius 3 is 2.68 bits per heavy atom. The number of fused-ring (bicyclic) bond motifs is 1. The normalized spacial score (nSPS) is 14.3. The fourth-order valence-electron chi connectivity index (χ4n) is 3.28. The standard InChI is InChI=1S/C23H20N4O4/c1-16-6-2-3-7-19(16)31-21-18(23(29)27-9-5-4-8-20(27)25-21)14-17(15-24)22(28)26-10-12-30-13-11-26/h2-9,14H,10-13H2,1H3/b17-14+. The van der Waals surface area contributed by atoms with Crippen LogP contribution >= 0.6 is 0 Å². The summed E-state index contributed by atoms with van der Waals surface area (Å²) in [6.07, 6.45) is 2.84. The molecule has 3 heterocycles. The topological polar surface area (TPSA) is 96.9 Å². The summed E-state index contributed by atoms with van der Waals surface area (Å²) in [6.45, 7) is 3.47. The van der Waals surface area contributed by atoms with E-state index in [4.69, 9.17) is 9.47 Å². The van der Waals surface area contributed by atoms with Crippen molar-refractivity contribution < 1.29 is 14.3 Å². The van der Waals surface area contributed by atoms with Gasteiger partial charge in [0.25, 0.3) is 11.5 Å². The van der Waals surface area contributed by atoms with Gasteiger partial charge in [0, 0.05) is 19.3 Å². The molecule has 0 N–H and O–H groups in total. The van der Waals surface area contributed by atoms with Crippen molar-refractivity contribution in [3.8, 4) is 17.7 Å². The van der Waals surface area contributed by atoms with Gasteiger partial charge in [-0.05, 0) is 36.8 Å². The number of carbonyl (C=O) groups is 1. The first kappa shape index (κ1) is 20.3. The molecule has 8 heteroatoms. The second-order valence-corrected chi connectivity index (χ2v) is 7.01.